The summed E-state index contributed by atoms with van der Waals surface area (Å²) in [6.45, 7) is 9.13. The topological polar surface area (TPSA) is 49.0 Å². The van der Waals surface area contributed by atoms with Crippen LogP contribution in [0.4, 0.5) is 0 Å². The van der Waals surface area contributed by atoms with E-state index in [0.717, 1.165) is 13.1 Å². The van der Waals surface area contributed by atoms with E-state index in [-0.39, 0.29) is 18.1 Å². The van der Waals surface area contributed by atoms with Crippen molar-refractivity contribution < 1.29 is 18.9 Å². The predicted octanol–water partition coefficient (Wildman–Crippen LogP) is 0.901. The third-order valence-corrected chi connectivity index (χ3v) is 4.16. The number of nitrogens with one attached hydrogen (secondary N) is 1. The summed E-state index contributed by atoms with van der Waals surface area (Å²) in [7, 11) is 3.20. The molecule has 0 spiro atoms. The molecule has 2 rings (SSSR count). The highest BCUT2D eigenvalue weighted by Crippen LogP contribution is 2.41. The summed E-state index contributed by atoms with van der Waals surface area (Å²) in [6.07, 6.45) is 1.78. The van der Waals surface area contributed by atoms with Crippen LogP contribution < -0.4 is 5.32 Å². The normalized spacial score (nSPS) is 48.6. The molecule has 0 amide bonds. The first-order valence-corrected chi connectivity index (χ1v) is 6.29. The molecule has 18 heavy (non-hydrogen) atoms. The maximum absolute atomic E-state index is 6.15. The Morgan fingerprint density at radius 3 is 2.33 bits per heavy atom. The summed E-state index contributed by atoms with van der Waals surface area (Å²) in [6, 6.07) is 0. The Balaban J connectivity index is 2.26. The largest absolute Gasteiger partial charge is 0.349 e. The number of hydrogen-bond acceptors (Lipinski definition) is 5. The van der Waals surface area contributed by atoms with Gasteiger partial charge in [-0.05, 0) is 13.8 Å². The molecule has 5 heteroatoms. The van der Waals surface area contributed by atoms with E-state index in [1.807, 2.05) is 19.9 Å². The average molecular weight is 257 g/mol. The van der Waals surface area contributed by atoms with Crippen molar-refractivity contribution in [3.05, 3.63) is 12.7 Å². The first-order chi connectivity index (χ1) is 8.49. The van der Waals surface area contributed by atoms with Gasteiger partial charge in [0.15, 0.2) is 0 Å². The van der Waals surface area contributed by atoms with Crippen LogP contribution in [-0.4, -0.2) is 51.1 Å². The first kappa shape index (κ1) is 14.0. The van der Waals surface area contributed by atoms with Crippen LogP contribution in [0, 0.1) is 5.92 Å². The Hall–Kier alpha value is -0.460. The molecule has 0 aromatic heterocycles. The molecule has 0 aromatic carbocycles. The van der Waals surface area contributed by atoms with Crippen LogP contribution in [0.2, 0.25) is 0 Å². The minimum absolute atomic E-state index is 0.0584. The van der Waals surface area contributed by atoms with Gasteiger partial charge in [-0.1, -0.05) is 6.08 Å². The highest BCUT2D eigenvalue weighted by atomic mass is 16.8. The van der Waals surface area contributed by atoms with Crippen molar-refractivity contribution in [1.29, 1.82) is 0 Å². The highest BCUT2D eigenvalue weighted by Gasteiger charge is 2.58. The van der Waals surface area contributed by atoms with Crippen molar-refractivity contribution in [3.8, 4) is 0 Å². The van der Waals surface area contributed by atoms with Crippen molar-refractivity contribution in [2.75, 3.05) is 27.3 Å². The van der Waals surface area contributed by atoms with Crippen molar-refractivity contribution in [2.24, 2.45) is 5.92 Å². The zero-order chi connectivity index (χ0) is 13.4. The fourth-order valence-electron chi connectivity index (χ4n) is 2.62. The molecule has 2 heterocycles. The highest BCUT2D eigenvalue weighted by molar-refractivity contribution is 5.01. The number of ether oxygens (including phenoxy) is 4. The van der Waals surface area contributed by atoms with Crippen molar-refractivity contribution in [2.45, 2.75) is 37.6 Å². The third kappa shape index (κ3) is 2.00. The zero-order valence-electron chi connectivity index (χ0n) is 11.6. The van der Waals surface area contributed by atoms with Gasteiger partial charge in [0.25, 0.3) is 0 Å². The summed E-state index contributed by atoms with van der Waals surface area (Å²) < 4.78 is 23.2. The van der Waals surface area contributed by atoms with E-state index in [2.05, 4.69) is 11.9 Å². The molecule has 5 nitrogen and oxygen atoms in total. The maximum atomic E-state index is 6.15. The van der Waals surface area contributed by atoms with Crippen molar-refractivity contribution >= 4 is 0 Å². The molecule has 5 atom stereocenters. The lowest BCUT2D eigenvalue weighted by Crippen LogP contribution is -2.69. The summed E-state index contributed by atoms with van der Waals surface area (Å²) in [5, 5.41) is 3.32. The fourth-order valence-corrected chi connectivity index (χ4v) is 2.62. The quantitative estimate of drug-likeness (QED) is 0.761. The van der Waals surface area contributed by atoms with Gasteiger partial charge in [0.05, 0.1) is 6.10 Å². The van der Waals surface area contributed by atoms with Crippen LogP contribution in [0.1, 0.15) is 13.8 Å². The van der Waals surface area contributed by atoms with E-state index in [4.69, 9.17) is 18.9 Å². The van der Waals surface area contributed by atoms with Crippen LogP contribution >= 0.6 is 0 Å². The van der Waals surface area contributed by atoms with Crippen LogP contribution in [0.3, 0.4) is 0 Å². The van der Waals surface area contributed by atoms with Crippen LogP contribution in [0.25, 0.3) is 0 Å². The van der Waals surface area contributed by atoms with Gasteiger partial charge in [-0.15, -0.1) is 6.58 Å². The van der Waals surface area contributed by atoms with Crippen molar-refractivity contribution in [3.63, 3.8) is 0 Å². The molecule has 104 valence electrons. The second-order valence-electron chi connectivity index (χ2n) is 5.10. The molecule has 2 fully saturated rings. The predicted molar refractivity (Wildman–Crippen MR) is 67.1 cm³/mol. The third-order valence-electron chi connectivity index (χ3n) is 4.16. The van der Waals surface area contributed by atoms with E-state index in [0.29, 0.717) is 0 Å². The molecule has 2 aliphatic heterocycles. The van der Waals surface area contributed by atoms with Gasteiger partial charge in [0, 0.05) is 33.2 Å². The number of rotatable bonds is 3. The number of piperidine rings is 1. The lowest BCUT2D eigenvalue weighted by molar-refractivity contribution is -0.452. The average Bonchev–Trinajstić information content (AvgIpc) is 2.39. The minimum atomic E-state index is -0.929. The Morgan fingerprint density at radius 1 is 1.17 bits per heavy atom. The van der Waals surface area contributed by atoms with Gasteiger partial charge < -0.3 is 24.3 Å². The second-order valence-corrected chi connectivity index (χ2v) is 5.10. The number of fused-ring (bicyclic) bond motifs is 1. The Labute approximate surface area is 108 Å². The van der Waals surface area contributed by atoms with Gasteiger partial charge in [0.1, 0.15) is 6.10 Å². The first-order valence-electron chi connectivity index (χ1n) is 6.29. The molecule has 0 aromatic rings. The molecule has 0 radical (unpaired) electrons. The molecular weight excluding hydrogens is 234 g/mol. The van der Waals surface area contributed by atoms with Crippen LogP contribution in [0.5, 0.6) is 0 Å². The van der Waals surface area contributed by atoms with Gasteiger partial charge >= 0.3 is 0 Å². The van der Waals surface area contributed by atoms with E-state index in [1.54, 1.807) is 14.2 Å². The Morgan fingerprint density at radius 2 is 1.78 bits per heavy atom. The van der Waals surface area contributed by atoms with Gasteiger partial charge in [-0.3, -0.25) is 0 Å². The fraction of sp³-hybridized carbons (Fsp3) is 0.846. The van der Waals surface area contributed by atoms with Crippen molar-refractivity contribution in [1.82, 2.24) is 5.32 Å². The second kappa shape index (κ2) is 4.90. The summed E-state index contributed by atoms with van der Waals surface area (Å²) >= 11 is 0. The summed E-state index contributed by atoms with van der Waals surface area (Å²) in [5.41, 5.74) is 0. The summed E-state index contributed by atoms with van der Waals surface area (Å²) in [4.78, 5) is 0. The van der Waals surface area contributed by atoms with Gasteiger partial charge in [-0.25, -0.2) is 0 Å². The van der Waals surface area contributed by atoms with E-state index >= 15 is 0 Å². The van der Waals surface area contributed by atoms with Gasteiger partial charge in [0.2, 0.25) is 11.6 Å². The SMILES string of the molecule is C=CC1CNCC2OC(C)(OC)C(C)(OC)OC12. The monoisotopic (exact) mass is 257 g/mol. The van der Waals surface area contributed by atoms with Gasteiger partial charge in [-0.2, -0.15) is 0 Å². The standard InChI is InChI=1S/C13H23NO4/c1-6-9-7-14-8-10-11(9)18-13(3,16-5)12(2,15-4)17-10/h6,9-11,14H,1,7-8H2,2-5H3. The van der Waals surface area contributed by atoms with Crippen LogP contribution in [-0.2, 0) is 18.9 Å². The maximum Gasteiger partial charge on any atom is 0.220 e. The molecule has 1 N–H and O–H groups in total. The molecular formula is C13H23NO4. The van der Waals surface area contributed by atoms with E-state index in [9.17, 15) is 0 Å². The molecule has 0 saturated carbocycles. The van der Waals surface area contributed by atoms with E-state index < -0.39 is 11.6 Å². The minimum Gasteiger partial charge on any atom is -0.349 e. The molecule has 2 aliphatic rings. The lowest BCUT2D eigenvalue weighted by atomic mass is 9.90. The number of methoxy groups -OCH3 is 2. The smallest absolute Gasteiger partial charge is 0.220 e. The Kier molecular flexibility index (Phi) is 3.80. The summed E-state index contributed by atoms with van der Waals surface area (Å²) in [5.74, 6) is -1.64. The van der Waals surface area contributed by atoms with Crippen LogP contribution in [0.15, 0.2) is 12.7 Å². The molecule has 2 saturated heterocycles. The molecule has 0 bridgehead atoms. The lowest BCUT2D eigenvalue weighted by Gasteiger charge is -2.54. The zero-order valence-corrected chi connectivity index (χ0v) is 11.6. The Bertz CT molecular complexity index is 324. The van der Waals surface area contributed by atoms with E-state index in [1.165, 1.54) is 0 Å². The molecule has 0 aliphatic carbocycles. The number of hydrogen-bond donors (Lipinski definition) is 1. The molecule has 5 unspecified atom stereocenters.